The lowest BCUT2D eigenvalue weighted by atomic mass is 10.2. The minimum atomic E-state index is -0.0258. The van der Waals surface area contributed by atoms with Crippen LogP contribution < -0.4 is 10.1 Å². The zero-order valence-electron chi connectivity index (χ0n) is 13.2. The molecule has 23 heavy (non-hydrogen) atoms. The molecule has 2 aromatic rings. The van der Waals surface area contributed by atoms with Crippen molar-refractivity contribution in [3.8, 4) is 5.75 Å². The number of amides is 1. The number of anilines is 1. The van der Waals surface area contributed by atoms with Gasteiger partial charge < -0.3 is 15.0 Å². The first kappa shape index (κ1) is 15.2. The number of para-hydroxylation sites is 1. The van der Waals surface area contributed by atoms with Crippen molar-refractivity contribution >= 4 is 11.9 Å². The summed E-state index contributed by atoms with van der Waals surface area (Å²) in [6.07, 6.45) is 0. The molecule has 0 fully saturated rings. The van der Waals surface area contributed by atoms with E-state index in [-0.39, 0.29) is 12.5 Å². The number of fused-ring (bicyclic) bond motifs is 1. The van der Waals surface area contributed by atoms with Crippen molar-refractivity contribution in [1.29, 1.82) is 0 Å². The first-order valence-electron chi connectivity index (χ1n) is 7.54. The van der Waals surface area contributed by atoms with E-state index in [0.717, 1.165) is 22.7 Å². The SMILES string of the molecule is Cc1nnc(NCCN2Cc3ccccc3OCC2=O)nc1C. The van der Waals surface area contributed by atoms with E-state index >= 15 is 0 Å². The Morgan fingerprint density at radius 3 is 2.87 bits per heavy atom. The van der Waals surface area contributed by atoms with E-state index in [1.807, 2.05) is 38.1 Å². The predicted octanol–water partition coefficient (Wildman–Crippen LogP) is 1.32. The van der Waals surface area contributed by atoms with Crippen LogP contribution in [0.5, 0.6) is 5.75 Å². The number of nitrogens with one attached hydrogen (secondary N) is 1. The number of hydrogen-bond donors (Lipinski definition) is 1. The summed E-state index contributed by atoms with van der Waals surface area (Å²) in [7, 11) is 0. The fourth-order valence-electron chi connectivity index (χ4n) is 2.34. The smallest absolute Gasteiger partial charge is 0.260 e. The summed E-state index contributed by atoms with van der Waals surface area (Å²) in [4.78, 5) is 18.2. The van der Waals surface area contributed by atoms with Crippen LogP contribution in [0, 0.1) is 13.8 Å². The molecule has 1 N–H and O–H groups in total. The van der Waals surface area contributed by atoms with Crippen molar-refractivity contribution < 1.29 is 9.53 Å². The number of nitrogens with zero attached hydrogens (tertiary/aromatic N) is 4. The normalized spacial score (nSPS) is 14.0. The first-order valence-corrected chi connectivity index (χ1v) is 7.54. The van der Waals surface area contributed by atoms with Crippen LogP contribution in [-0.4, -0.2) is 45.7 Å². The van der Waals surface area contributed by atoms with Crippen molar-refractivity contribution in [2.45, 2.75) is 20.4 Å². The first-order chi connectivity index (χ1) is 11.1. The van der Waals surface area contributed by atoms with Crippen molar-refractivity contribution in [1.82, 2.24) is 20.1 Å². The Morgan fingerprint density at radius 2 is 2.04 bits per heavy atom. The molecule has 2 heterocycles. The lowest BCUT2D eigenvalue weighted by molar-refractivity contribution is -0.133. The number of rotatable bonds is 4. The highest BCUT2D eigenvalue weighted by Gasteiger charge is 2.20. The molecule has 3 rings (SSSR count). The number of ether oxygens (including phenoxy) is 1. The molecule has 0 spiro atoms. The standard InChI is InChI=1S/C16H19N5O2/c1-11-12(2)19-20-16(18-11)17-7-8-21-9-13-5-3-4-6-14(13)23-10-15(21)22/h3-6H,7-10H2,1-2H3,(H,17,18,20). The molecule has 0 radical (unpaired) electrons. The average molecular weight is 313 g/mol. The Hall–Kier alpha value is -2.70. The Labute approximate surface area is 134 Å². The van der Waals surface area contributed by atoms with Gasteiger partial charge in [0, 0.05) is 25.2 Å². The summed E-state index contributed by atoms with van der Waals surface area (Å²) in [6.45, 7) is 5.47. The molecule has 1 aromatic carbocycles. The van der Waals surface area contributed by atoms with Gasteiger partial charge in [-0.15, -0.1) is 5.10 Å². The number of carbonyl (C=O) groups is 1. The number of aromatic nitrogens is 3. The van der Waals surface area contributed by atoms with Gasteiger partial charge in [0.1, 0.15) is 5.75 Å². The molecule has 0 bridgehead atoms. The highest BCUT2D eigenvalue weighted by atomic mass is 16.5. The van der Waals surface area contributed by atoms with Crippen molar-refractivity contribution in [3.05, 3.63) is 41.2 Å². The summed E-state index contributed by atoms with van der Waals surface area (Å²) in [5, 5.41) is 11.1. The molecule has 0 unspecified atom stereocenters. The molecule has 1 aromatic heterocycles. The molecule has 0 saturated carbocycles. The second kappa shape index (κ2) is 6.60. The second-order valence-corrected chi connectivity index (χ2v) is 5.44. The van der Waals surface area contributed by atoms with Crippen molar-refractivity contribution in [3.63, 3.8) is 0 Å². The van der Waals surface area contributed by atoms with Crippen LogP contribution in [0.1, 0.15) is 17.0 Å². The van der Waals surface area contributed by atoms with Gasteiger partial charge in [-0.2, -0.15) is 5.10 Å². The van der Waals surface area contributed by atoms with Gasteiger partial charge in [0.15, 0.2) is 6.61 Å². The highest BCUT2D eigenvalue weighted by Crippen LogP contribution is 2.22. The Balaban J connectivity index is 1.61. The average Bonchev–Trinajstić information content (AvgIpc) is 2.71. The van der Waals surface area contributed by atoms with E-state index in [2.05, 4.69) is 20.5 Å². The van der Waals surface area contributed by atoms with E-state index in [9.17, 15) is 4.79 Å². The molecule has 7 nitrogen and oxygen atoms in total. The lowest BCUT2D eigenvalue weighted by Gasteiger charge is -2.20. The van der Waals surface area contributed by atoms with E-state index in [0.29, 0.717) is 25.6 Å². The summed E-state index contributed by atoms with van der Waals surface area (Å²) in [5.41, 5.74) is 2.67. The molecule has 120 valence electrons. The summed E-state index contributed by atoms with van der Waals surface area (Å²) in [5.74, 6) is 1.23. The highest BCUT2D eigenvalue weighted by molar-refractivity contribution is 5.78. The van der Waals surface area contributed by atoms with Gasteiger partial charge in [0.25, 0.3) is 5.91 Å². The topological polar surface area (TPSA) is 80.2 Å². The van der Waals surface area contributed by atoms with E-state index in [1.54, 1.807) is 4.90 Å². The number of benzene rings is 1. The van der Waals surface area contributed by atoms with Crippen molar-refractivity contribution in [2.24, 2.45) is 0 Å². The third kappa shape index (κ3) is 3.56. The molecule has 1 amide bonds. The van der Waals surface area contributed by atoms with Crippen LogP contribution in [0.3, 0.4) is 0 Å². The van der Waals surface area contributed by atoms with Crippen LogP contribution in [0.15, 0.2) is 24.3 Å². The Kier molecular flexibility index (Phi) is 4.36. The van der Waals surface area contributed by atoms with Crippen LogP contribution in [0.2, 0.25) is 0 Å². The Bertz CT molecular complexity index is 719. The molecule has 1 aliphatic heterocycles. The zero-order chi connectivity index (χ0) is 16.2. The summed E-state index contributed by atoms with van der Waals surface area (Å²) >= 11 is 0. The maximum Gasteiger partial charge on any atom is 0.260 e. The number of carbonyl (C=O) groups excluding carboxylic acids is 1. The van der Waals surface area contributed by atoms with Crippen LogP contribution in [0.4, 0.5) is 5.95 Å². The molecular formula is C16H19N5O2. The quantitative estimate of drug-likeness (QED) is 0.917. The molecular weight excluding hydrogens is 294 g/mol. The molecule has 0 atom stereocenters. The van der Waals surface area contributed by atoms with Gasteiger partial charge in [-0.05, 0) is 19.9 Å². The summed E-state index contributed by atoms with van der Waals surface area (Å²) < 4.78 is 5.54. The zero-order valence-corrected chi connectivity index (χ0v) is 13.2. The molecule has 7 heteroatoms. The third-order valence-corrected chi connectivity index (χ3v) is 3.79. The van der Waals surface area contributed by atoms with E-state index < -0.39 is 0 Å². The van der Waals surface area contributed by atoms with Gasteiger partial charge in [-0.1, -0.05) is 18.2 Å². The monoisotopic (exact) mass is 313 g/mol. The lowest BCUT2D eigenvalue weighted by Crippen LogP contribution is -2.36. The maximum absolute atomic E-state index is 12.2. The maximum atomic E-state index is 12.2. The predicted molar refractivity (Wildman–Crippen MR) is 85.1 cm³/mol. The minimum absolute atomic E-state index is 0.0258. The largest absolute Gasteiger partial charge is 0.483 e. The van der Waals surface area contributed by atoms with Gasteiger partial charge in [-0.3, -0.25) is 4.79 Å². The second-order valence-electron chi connectivity index (χ2n) is 5.44. The van der Waals surface area contributed by atoms with E-state index in [4.69, 9.17) is 4.74 Å². The number of hydrogen-bond acceptors (Lipinski definition) is 6. The van der Waals surface area contributed by atoms with Crippen LogP contribution >= 0.6 is 0 Å². The molecule has 1 aliphatic rings. The van der Waals surface area contributed by atoms with Gasteiger partial charge in [0.2, 0.25) is 5.95 Å². The summed E-state index contributed by atoms with van der Waals surface area (Å²) in [6, 6.07) is 7.72. The van der Waals surface area contributed by atoms with E-state index in [1.165, 1.54) is 0 Å². The number of aryl methyl sites for hydroxylation is 2. The fraction of sp³-hybridized carbons (Fsp3) is 0.375. The van der Waals surface area contributed by atoms with Gasteiger partial charge in [-0.25, -0.2) is 4.98 Å². The van der Waals surface area contributed by atoms with Crippen LogP contribution in [0.25, 0.3) is 0 Å². The minimum Gasteiger partial charge on any atom is -0.483 e. The Morgan fingerprint density at radius 1 is 1.22 bits per heavy atom. The van der Waals surface area contributed by atoms with Gasteiger partial charge >= 0.3 is 0 Å². The fourth-order valence-corrected chi connectivity index (χ4v) is 2.34. The van der Waals surface area contributed by atoms with Crippen LogP contribution in [-0.2, 0) is 11.3 Å². The molecule has 0 aliphatic carbocycles. The third-order valence-electron chi connectivity index (χ3n) is 3.79. The van der Waals surface area contributed by atoms with Gasteiger partial charge in [0.05, 0.1) is 11.4 Å². The van der Waals surface area contributed by atoms with Crippen molar-refractivity contribution in [2.75, 3.05) is 25.0 Å². The molecule has 0 saturated heterocycles.